The van der Waals surface area contributed by atoms with Crippen molar-refractivity contribution < 1.29 is 22.7 Å². The van der Waals surface area contributed by atoms with Crippen molar-refractivity contribution in [3.8, 4) is 11.5 Å². The second kappa shape index (κ2) is 8.16. The molecule has 1 amide bonds. The Morgan fingerprint density at radius 1 is 1.13 bits per heavy atom. The number of thioether (sulfide) groups is 1. The molecule has 2 aliphatic heterocycles. The molecule has 0 unspecified atom stereocenters. The highest BCUT2D eigenvalue weighted by Crippen LogP contribution is 2.34. The Labute approximate surface area is 179 Å². The van der Waals surface area contributed by atoms with Gasteiger partial charge in [0.25, 0.3) is 5.91 Å². The summed E-state index contributed by atoms with van der Waals surface area (Å²) in [5.74, 6) is 1.34. The summed E-state index contributed by atoms with van der Waals surface area (Å²) < 4.78 is 33.7. The van der Waals surface area contributed by atoms with Gasteiger partial charge in [0, 0.05) is 12.0 Å². The quantitative estimate of drug-likeness (QED) is 0.658. The molecule has 0 saturated heterocycles. The summed E-state index contributed by atoms with van der Waals surface area (Å²) in [5, 5.41) is 0.458. The first kappa shape index (κ1) is 20.5. The van der Waals surface area contributed by atoms with Crippen LogP contribution in [-0.2, 0) is 14.6 Å². The Morgan fingerprint density at radius 2 is 1.87 bits per heavy atom. The van der Waals surface area contributed by atoms with E-state index in [1.807, 2.05) is 37.3 Å². The number of hydrogen-bond donors (Lipinski definition) is 0. The average Bonchev–Trinajstić information content (AvgIpc) is 3.26. The number of carbonyl (C=O) groups excluding carboxylic acids is 1. The molecule has 7 nitrogen and oxygen atoms in total. The number of sulfone groups is 1. The molecule has 2 heterocycles. The first-order chi connectivity index (χ1) is 14.3. The van der Waals surface area contributed by atoms with E-state index in [1.54, 1.807) is 18.2 Å². The fourth-order valence-electron chi connectivity index (χ4n) is 2.96. The van der Waals surface area contributed by atoms with Crippen LogP contribution in [0.2, 0.25) is 0 Å². The van der Waals surface area contributed by atoms with Gasteiger partial charge in [-0.3, -0.25) is 9.69 Å². The number of carbonyl (C=O) groups is 1. The van der Waals surface area contributed by atoms with Crippen LogP contribution < -0.4 is 14.4 Å². The van der Waals surface area contributed by atoms with Crippen molar-refractivity contribution >= 4 is 44.4 Å². The number of amides is 1. The van der Waals surface area contributed by atoms with Gasteiger partial charge < -0.3 is 9.47 Å². The van der Waals surface area contributed by atoms with E-state index in [1.165, 1.54) is 22.9 Å². The maximum Gasteiger partial charge on any atom is 0.283 e. The highest BCUT2D eigenvalue weighted by atomic mass is 32.2. The minimum absolute atomic E-state index is 0.00776. The molecule has 0 aromatic heterocycles. The molecule has 156 valence electrons. The number of rotatable bonds is 5. The zero-order valence-electron chi connectivity index (χ0n) is 16.5. The van der Waals surface area contributed by atoms with Gasteiger partial charge >= 0.3 is 0 Å². The van der Waals surface area contributed by atoms with E-state index in [0.717, 1.165) is 11.1 Å². The van der Waals surface area contributed by atoms with Gasteiger partial charge in [-0.2, -0.15) is 0 Å². The number of aliphatic imine (C=N–C) groups is 1. The molecule has 0 N–H and O–H groups in total. The number of amidine groups is 1. The molecule has 0 saturated carbocycles. The number of benzene rings is 2. The maximum absolute atomic E-state index is 13.2. The van der Waals surface area contributed by atoms with Crippen molar-refractivity contribution in [1.29, 1.82) is 0 Å². The van der Waals surface area contributed by atoms with Gasteiger partial charge in [-0.1, -0.05) is 35.5 Å². The van der Waals surface area contributed by atoms with E-state index in [-0.39, 0.29) is 24.2 Å². The van der Waals surface area contributed by atoms with E-state index < -0.39 is 9.84 Å². The normalized spacial score (nSPS) is 17.0. The Bertz CT molecular complexity index is 1150. The SMILES string of the molecule is Cc1ccc(N2C(=O)/C(=C\c3ccc4c(c3)OCO4)N=C2SCCS(C)(=O)=O)cc1. The predicted molar refractivity (Wildman–Crippen MR) is 119 cm³/mol. The van der Waals surface area contributed by atoms with Crippen LogP contribution in [0.4, 0.5) is 5.69 Å². The lowest BCUT2D eigenvalue weighted by atomic mass is 10.1. The smallest absolute Gasteiger partial charge is 0.283 e. The Hall–Kier alpha value is -2.78. The van der Waals surface area contributed by atoms with Crippen molar-refractivity contribution in [3.63, 3.8) is 0 Å². The summed E-state index contributed by atoms with van der Waals surface area (Å²) in [4.78, 5) is 19.2. The summed E-state index contributed by atoms with van der Waals surface area (Å²) in [6, 6.07) is 12.9. The van der Waals surface area contributed by atoms with Crippen LogP contribution in [-0.4, -0.2) is 44.0 Å². The molecule has 9 heteroatoms. The lowest BCUT2D eigenvalue weighted by Crippen LogP contribution is -2.30. The maximum atomic E-state index is 13.2. The van der Waals surface area contributed by atoms with Crippen LogP contribution in [0.25, 0.3) is 6.08 Å². The summed E-state index contributed by atoms with van der Waals surface area (Å²) in [5.41, 5.74) is 2.80. The van der Waals surface area contributed by atoms with Crippen LogP contribution in [0, 0.1) is 6.92 Å². The van der Waals surface area contributed by atoms with Crippen LogP contribution >= 0.6 is 11.8 Å². The zero-order chi connectivity index (χ0) is 21.3. The van der Waals surface area contributed by atoms with Crippen LogP contribution in [0.1, 0.15) is 11.1 Å². The first-order valence-electron chi connectivity index (χ1n) is 9.22. The molecular formula is C21H20N2O5S2. The minimum Gasteiger partial charge on any atom is -0.454 e. The van der Waals surface area contributed by atoms with Gasteiger partial charge in [0.2, 0.25) is 6.79 Å². The number of fused-ring (bicyclic) bond motifs is 1. The van der Waals surface area contributed by atoms with Gasteiger partial charge in [0.05, 0.1) is 11.4 Å². The summed E-state index contributed by atoms with van der Waals surface area (Å²) in [6.45, 7) is 2.14. The predicted octanol–water partition coefficient (Wildman–Crippen LogP) is 3.25. The Morgan fingerprint density at radius 3 is 2.60 bits per heavy atom. The molecule has 2 aromatic rings. The van der Waals surface area contributed by atoms with Gasteiger partial charge in [-0.15, -0.1) is 0 Å². The fraction of sp³-hybridized carbons (Fsp3) is 0.238. The fourth-order valence-corrected chi connectivity index (χ4v) is 5.17. The lowest BCUT2D eigenvalue weighted by Gasteiger charge is -2.17. The molecule has 0 radical (unpaired) electrons. The van der Waals surface area contributed by atoms with E-state index >= 15 is 0 Å². The standard InChI is InChI=1S/C21H20N2O5S2/c1-14-3-6-16(7-4-14)23-20(24)17(22-21(23)29-9-10-30(2,25)26)11-15-5-8-18-19(12-15)28-13-27-18/h3-8,11-12H,9-10,13H2,1-2H3/b17-11+. The molecule has 0 aliphatic carbocycles. The van der Waals surface area contributed by atoms with E-state index in [9.17, 15) is 13.2 Å². The molecule has 2 aliphatic rings. The van der Waals surface area contributed by atoms with Crippen molar-refractivity contribution in [3.05, 3.63) is 59.3 Å². The highest BCUT2D eigenvalue weighted by Gasteiger charge is 2.32. The Kier molecular flexibility index (Phi) is 5.57. The first-order valence-corrected chi connectivity index (χ1v) is 12.3. The van der Waals surface area contributed by atoms with Crippen molar-refractivity contribution in [2.24, 2.45) is 4.99 Å². The summed E-state index contributed by atoms with van der Waals surface area (Å²) >= 11 is 1.25. The number of hydrogen-bond acceptors (Lipinski definition) is 7. The summed E-state index contributed by atoms with van der Waals surface area (Å²) in [6.07, 6.45) is 2.88. The highest BCUT2D eigenvalue weighted by molar-refractivity contribution is 8.14. The number of aryl methyl sites for hydroxylation is 1. The second-order valence-corrected chi connectivity index (χ2v) is 10.3. The number of ether oxygens (including phenoxy) is 2. The molecule has 0 spiro atoms. The van der Waals surface area contributed by atoms with Gasteiger partial charge in [-0.25, -0.2) is 13.4 Å². The molecular weight excluding hydrogens is 424 g/mol. The van der Waals surface area contributed by atoms with Crippen molar-refractivity contribution in [2.45, 2.75) is 6.92 Å². The van der Waals surface area contributed by atoms with Gasteiger partial charge in [0.1, 0.15) is 15.5 Å². The largest absolute Gasteiger partial charge is 0.454 e. The molecule has 0 fully saturated rings. The van der Waals surface area contributed by atoms with Crippen LogP contribution in [0.5, 0.6) is 11.5 Å². The topological polar surface area (TPSA) is 85.3 Å². The third-order valence-corrected chi connectivity index (χ3v) is 6.65. The third-order valence-electron chi connectivity index (χ3n) is 4.51. The van der Waals surface area contributed by atoms with Gasteiger partial charge in [0.15, 0.2) is 16.7 Å². The van der Waals surface area contributed by atoms with E-state index in [4.69, 9.17) is 9.47 Å². The summed E-state index contributed by atoms with van der Waals surface area (Å²) in [7, 11) is -3.10. The van der Waals surface area contributed by atoms with Crippen molar-refractivity contribution in [1.82, 2.24) is 0 Å². The molecule has 2 aromatic carbocycles. The molecule has 0 atom stereocenters. The van der Waals surface area contributed by atoms with Crippen LogP contribution in [0.3, 0.4) is 0 Å². The monoisotopic (exact) mass is 444 g/mol. The van der Waals surface area contributed by atoms with Gasteiger partial charge in [-0.05, 0) is 42.8 Å². The van der Waals surface area contributed by atoms with Crippen LogP contribution in [0.15, 0.2) is 53.2 Å². The van der Waals surface area contributed by atoms with Crippen molar-refractivity contribution in [2.75, 3.05) is 29.5 Å². The third kappa shape index (κ3) is 4.52. The number of nitrogens with zero attached hydrogens (tertiary/aromatic N) is 2. The molecule has 30 heavy (non-hydrogen) atoms. The molecule has 4 rings (SSSR count). The molecule has 0 bridgehead atoms. The van der Waals surface area contributed by atoms with E-state index in [2.05, 4.69) is 4.99 Å². The minimum atomic E-state index is -3.10. The Balaban J connectivity index is 1.65. The lowest BCUT2D eigenvalue weighted by molar-refractivity contribution is -0.113. The van der Waals surface area contributed by atoms with E-state index in [0.29, 0.717) is 28.1 Å². The average molecular weight is 445 g/mol. The number of anilines is 1. The second-order valence-electron chi connectivity index (χ2n) is 6.99. The zero-order valence-corrected chi connectivity index (χ0v) is 18.1.